The molecule has 5 rings (SSSR count). The number of hydrogen-bond acceptors (Lipinski definition) is 6. The van der Waals surface area contributed by atoms with Gasteiger partial charge in [0.05, 0.1) is 0 Å². The Hall–Kier alpha value is -4.52. The SMILES string of the molecule is CC(C)(C)CC(C)(C)OC(=O)N1CCN(c2ccc(-c3ccc(OCc4ccccc4)nc3OCc3ccccc3)cc2)CC1. The average molecular weight is 608 g/mol. The fraction of sp³-hybridized carbons (Fsp3) is 0.368. The number of anilines is 1. The predicted octanol–water partition coefficient (Wildman–Crippen LogP) is 8.38. The molecule has 0 atom stereocenters. The summed E-state index contributed by atoms with van der Waals surface area (Å²) in [5, 5.41) is 0. The molecule has 7 nitrogen and oxygen atoms in total. The molecule has 0 radical (unpaired) electrons. The van der Waals surface area contributed by atoms with E-state index in [9.17, 15) is 4.79 Å². The molecule has 0 spiro atoms. The minimum Gasteiger partial charge on any atom is -0.473 e. The summed E-state index contributed by atoms with van der Waals surface area (Å²) in [7, 11) is 0. The minimum atomic E-state index is -0.507. The van der Waals surface area contributed by atoms with E-state index in [1.54, 1.807) is 0 Å². The van der Waals surface area contributed by atoms with Crippen LogP contribution in [0, 0.1) is 5.41 Å². The summed E-state index contributed by atoms with van der Waals surface area (Å²) < 4.78 is 18.2. The van der Waals surface area contributed by atoms with Crippen LogP contribution in [0.4, 0.5) is 10.5 Å². The van der Waals surface area contributed by atoms with Crippen molar-refractivity contribution in [3.63, 3.8) is 0 Å². The molecule has 0 N–H and O–H groups in total. The number of hydrogen-bond donors (Lipinski definition) is 0. The quantitative estimate of drug-likeness (QED) is 0.180. The standard InChI is InChI=1S/C38H45N3O4/c1-37(2,3)28-38(4,5)45-36(42)41-24-22-40(23-25-41)32-18-16-31(17-19-32)33-20-21-34(43-26-29-12-8-6-9-13-29)39-35(33)44-27-30-14-10-7-11-15-30/h6-21H,22-28H2,1-5H3. The van der Waals surface area contributed by atoms with Crippen LogP contribution in [-0.2, 0) is 18.0 Å². The van der Waals surface area contributed by atoms with Crippen LogP contribution in [-0.4, -0.2) is 47.8 Å². The summed E-state index contributed by atoms with van der Waals surface area (Å²) in [6.07, 6.45) is 0.571. The summed E-state index contributed by atoms with van der Waals surface area (Å²) in [4.78, 5) is 21.8. The normalized spacial score (nSPS) is 13.8. The van der Waals surface area contributed by atoms with E-state index in [0.29, 0.717) is 38.1 Å². The first-order chi connectivity index (χ1) is 21.5. The van der Waals surface area contributed by atoms with Crippen molar-refractivity contribution in [2.75, 3.05) is 31.1 Å². The van der Waals surface area contributed by atoms with Crippen LogP contribution < -0.4 is 14.4 Å². The Labute approximate surface area is 267 Å². The van der Waals surface area contributed by atoms with E-state index in [2.05, 4.69) is 49.9 Å². The Morgan fingerprint density at radius 2 is 1.29 bits per heavy atom. The number of aromatic nitrogens is 1. The molecule has 0 saturated carbocycles. The zero-order valence-corrected chi connectivity index (χ0v) is 27.2. The molecule has 1 fully saturated rings. The number of ether oxygens (including phenoxy) is 3. The molecule has 7 heteroatoms. The van der Waals surface area contributed by atoms with Gasteiger partial charge in [0.1, 0.15) is 18.8 Å². The van der Waals surface area contributed by atoms with E-state index in [-0.39, 0.29) is 11.5 Å². The lowest BCUT2D eigenvalue weighted by atomic mass is 9.84. The zero-order chi connectivity index (χ0) is 31.9. The fourth-order valence-electron chi connectivity index (χ4n) is 5.90. The van der Waals surface area contributed by atoms with E-state index in [1.165, 1.54) is 0 Å². The third-order valence-electron chi connectivity index (χ3n) is 7.68. The highest BCUT2D eigenvalue weighted by Gasteiger charge is 2.32. The molecule has 1 aliphatic rings. The van der Waals surface area contributed by atoms with Crippen molar-refractivity contribution < 1.29 is 19.0 Å². The van der Waals surface area contributed by atoms with Gasteiger partial charge in [-0.3, -0.25) is 0 Å². The third kappa shape index (κ3) is 9.24. The van der Waals surface area contributed by atoms with Crippen molar-refractivity contribution in [1.29, 1.82) is 0 Å². The summed E-state index contributed by atoms with van der Waals surface area (Å²) in [6, 6.07) is 32.5. The number of piperazine rings is 1. The van der Waals surface area contributed by atoms with Gasteiger partial charge < -0.3 is 24.0 Å². The van der Waals surface area contributed by atoms with Gasteiger partial charge in [-0.1, -0.05) is 93.6 Å². The number of amides is 1. The van der Waals surface area contributed by atoms with Crippen LogP contribution >= 0.6 is 0 Å². The van der Waals surface area contributed by atoms with E-state index >= 15 is 0 Å². The topological polar surface area (TPSA) is 64.1 Å². The number of carbonyl (C=O) groups is 1. The van der Waals surface area contributed by atoms with Crippen LogP contribution in [0.3, 0.4) is 0 Å². The van der Waals surface area contributed by atoms with Crippen molar-refractivity contribution in [2.45, 2.75) is 59.9 Å². The van der Waals surface area contributed by atoms with Gasteiger partial charge >= 0.3 is 6.09 Å². The number of carbonyl (C=O) groups excluding carboxylic acids is 1. The first kappa shape index (κ1) is 31.9. The monoisotopic (exact) mass is 607 g/mol. The summed E-state index contributed by atoms with van der Waals surface area (Å²) in [6.45, 7) is 14.1. The van der Waals surface area contributed by atoms with E-state index in [0.717, 1.165) is 47.5 Å². The maximum absolute atomic E-state index is 12.9. The number of nitrogens with zero attached hydrogens (tertiary/aromatic N) is 3. The minimum absolute atomic E-state index is 0.0810. The number of pyridine rings is 1. The van der Waals surface area contributed by atoms with Crippen molar-refractivity contribution >= 4 is 11.8 Å². The molecule has 0 unspecified atom stereocenters. The highest BCUT2D eigenvalue weighted by molar-refractivity contribution is 5.71. The van der Waals surface area contributed by atoms with Crippen molar-refractivity contribution in [2.24, 2.45) is 5.41 Å². The van der Waals surface area contributed by atoms with Crippen LogP contribution in [0.5, 0.6) is 11.8 Å². The second-order valence-corrected chi connectivity index (χ2v) is 13.4. The third-order valence-corrected chi connectivity index (χ3v) is 7.68. The molecule has 0 aliphatic carbocycles. The first-order valence-corrected chi connectivity index (χ1v) is 15.7. The molecule has 1 saturated heterocycles. The Kier molecular flexibility index (Phi) is 9.96. The maximum Gasteiger partial charge on any atom is 0.410 e. The van der Waals surface area contributed by atoms with E-state index < -0.39 is 5.60 Å². The van der Waals surface area contributed by atoms with Crippen molar-refractivity contribution in [3.8, 4) is 22.9 Å². The second kappa shape index (κ2) is 14.1. The molecular formula is C38H45N3O4. The first-order valence-electron chi connectivity index (χ1n) is 15.7. The Balaban J connectivity index is 1.24. The lowest BCUT2D eigenvalue weighted by molar-refractivity contribution is -0.0103. The molecule has 3 aromatic carbocycles. The van der Waals surface area contributed by atoms with Crippen LogP contribution in [0.25, 0.3) is 11.1 Å². The van der Waals surface area contributed by atoms with Gasteiger partial charge in [0, 0.05) is 43.5 Å². The molecule has 1 aromatic heterocycles. The Morgan fingerprint density at radius 1 is 0.711 bits per heavy atom. The van der Waals surface area contributed by atoms with Gasteiger partial charge in [0.15, 0.2) is 0 Å². The highest BCUT2D eigenvalue weighted by Crippen LogP contribution is 2.33. The smallest absolute Gasteiger partial charge is 0.410 e. The van der Waals surface area contributed by atoms with Crippen molar-refractivity contribution in [1.82, 2.24) is 9.88 Å². The Morgan fingerprint density at radius 3 is 1.87 bits per heavy atom. The molecule has 45 heavy (non-hydrogen) atoms. The highest BCUT2D eigenvalue weighted by atomic mass is 16.6. The maximum atomic E-state index is 12.9. The van der Waals surface area contributed by atoms with Crippen LogP contribution in [0.2, 0.25) is 0 Å². The van der Waals surface area contributed by atoms with Gasteiger partial charge in [-0.25, -0.2) is 4.79 Å². The molecular weight excluding hydrogens is 562 g/mol. The number of rotatable bonds is 10. The molecule has 236 valence electrons. The Bertz CT molecular complexity index is 1530. The fourth-order valence-corrected chi connectivity index (χ4v) is 5.90. The van der Waals surface area contributed by atoms with Crippen LogP contribution in [0.1, 0.15) is 52.2 Å². The zero-order valence-electron chi connectivity index (χ0n) is 27.2. The predicted molar refractivity (Wildman–Crippen MR) is 180 cm³/mol. The second-order valence-electron chi connectivity index (χ2n) is 13.4. The van der Waals surface area contributed by atoms with Crippen molar-refractivity contribution in [3.05, 3.63) is 108 Å². The van der Waals surface area contributed by atoms with Crippen LogP contribution in [0.15, 0.2) is 97.1 Å². The van der Waals surface area contributed by atoms with Gasteiger partial charge in [0.2, 0.25) is 11.8 Å². The summed E-state index contributed by atoms with van der Waals surface area (Å²) in [5.41, 5.74) is 4.74. The molecule has 1 amide bonds. The molecule has 1 aliphatic heterocycles. The van der Waals surface area contributed by atoms with E-state index in [1.807, 2.05) is 91.5 Å². The lowest BCUT2D eigenvalue weighted by Gasteiger charge is -2.38. The lowest BCUT2D eigenvalue weighted by Crippen LogP contribution is -2.50. The van der Waals surface area contributed by atoms with Gasteiger partial charge in [0.25, 0.3) is 0 Å². The van der Waals surface area contributed by atoms with E-state index in [4.69, 9.17) is 19.2 Å². The van der Waals surface area contributed by atoms with Gasteiger partial charge in [-0.15, -0.1) is 0 Å². The summed E-state index contributed by atoms with van der Waals surface area (Å²) >= 11 is 0. The average Bonchev–Trinajstić information content (AvgIpc) is 3.02. The largest absolute Gasteiger partial charge is 0.473 e. The summed E-state index contributed by atoms with van der Waals surface area (Å²) in [5.74, 6) is 1.04. The molecule has 4 aromatic rings. The number of benzene rings is 3. The van der Waals surface area contributed by atoms with Gasteiger partial charge in [-0.05, 0) is 60.6 Å². The molecule has 2 heterocycles. The molecule has 0 bridgehead atoms. The van der Waals surface area contributed by atoms with Gasteiger partial charge in [-0.2, -0.15) is 4.98 Å².